The van der Waals surface area contributed by atoms with Crippen LogP contribution in [0.4, 0.5) is 0 Å². The quantitative estimate of drug-likeness (QED) is 0.195. The molecular weight excluding hydrogens is 509 g/mol. The van der Waals surface area contributed by atoms with Crippen molar-refractivity contribution in [1.82, 2.24) is 0 Å². The number of benzene rings is 6. The van der Waals surface area contributed by atoms with E-state index in [0.29, 0.717) is 0 Å². The molecule has 0 aromatic heterocycles. The van der Waals surface area contributed by atoms with E-state index in [4.69, 9.17) is 0 Å². The van der Waals surface area contributed by atoms with E-state index in [2.05, 4.69) is 171 Å². The van der Waals surface area contributed by atoms with Crippen molar-refractivity contribution < 1.29 is 0 Å². The third kappa shape index (κ3) is 3.10. The van der Waals surface area contributed by atoms with E-state index in [1.807, 2.05) is 0 Å². The van der Waals surface area contributed by atoms with Crippen LogP contribution in [0.25, 0.3) is 33.7 Å². The Labute approximate surface area is 243 Å². The molecule has 2 unspecified atom stereocenters. The van der Waals surface area contributed by atoms with Crippen LogP contribution >= 0.6 is 0 Å². The smallest absolute Gasteiger partial charge is 0.0718 e. The van der Waals surface area contributed by atoms with Crippen molar-refractivity contribution in [2.45, 2.75) is 23.2 Å². The molecule has 1 heteroatoms. The van der Waals surface area contributed by atoms with Gasteiger partial charge in [0.15, 0.2) is 0 Å². The lowest BCUT2D eigenvalue weighted by molar-refractivity contribution is 0.782. The summed E-state index contributed by atoms with van der Waals surface area (Å²) in [6, 6.07) is 50.0. The van der Waals surface area contributed by atoms with Crippen molar-refractivity contribution in [2.75, 3.05) is 0 Å². The van der Waals surface area contributed by atoms with Gasteiger partial charge in [-0.15, -0.1) is 0 Å². The number of allylic oxidation sites excluding steroid dienone is 2. The number of fused-ring (bicyclic) bond motifs is 4. The van der Waals surface area contributed by atoms with Crippen molar-refractivity contribution >= 4 is 41.8 Å². The van der Waals surface area contributed by atoms with Gasteiger partial charge in [-0.2, -0.15) is 0 Å². The molecule has 0 heterocycles. The molecule has 0 saturated carbocycles. The van der Waals surface area contributed by atoms with Crippen LogP contribution in [0.3, 0.4) is 0 Å². The predicted molar refractivity (Wildman–Crippen MR) is 178 cm³/mol. The van der Waals surface area contributed by atoms with Crippen molar-refractivity contribution in [1.29, 1.82) is 0 Å². The SMILES string of the molecule is C[Si](C)(C1(c2cccc3ccccc23)C=Cc2ccccc21)C1(c2cccc3ccccc23)C=Cc2ccccc21. The van der Waals surface area contributed by atoms with E-state index in [0.717, 1.165) is 0 Å². The highest BCUT2D eigenvalue weighted by Crippen LogP contribution is 2.60. The molecule has 196 valence electrons. The van der Waals surface area contributed by atoms with Gasteiger partial charge in [0.05, 0.1) is 8.07 Å². The monoisotopic (exact) mass is 540 g/mol. The Kier molecular flexibility index (Phi) is 5.20. The minimum atomic E-state index is -2.53. The Bertz CT molecular complexity index is 1890. The Hall–Kier alpha value is -4.46. The summed E-state index contributed by atoms with van der Waals surface area (Å²) in [6.45, 7) is 5.30. The first-order valence-corrected chi connectivity index (χ1v) is 17.6. The molecule has 41 heavy (non-hydrogen) atoms. The van der Waals surface area contributed by atoms with Crippen LogP contribution < -0.4 is 0 Å². The lowest BCUT2D eigenvalue weighted by Crippen LogP contribution is -2.64. The summed E-state index contributed by atoms with van der Waals surface area (Å²) in [5.74, 6) is 0. The standard InChI is InChI=1S/C40H32Si/c1-41(2,39(27-25-31-15-5-9-21-35(31)39)37-23-11-17-29-13-3-7-19-33(29)37)40(28-26-32-16-6-10-22-36(32)40)38-24-12-18-30-14-4-8-20-34(30)38/h3-28H,1-2H3. The van der Waals surface area contributed by atoms with Gasteiger partial charge in [0.1, 0.15) is 0 Å². The molecule has 0 N–H and O–H groups in total. The van der Waals surface area contributed by atoms with Gasteiger partial charge < -0.3 is 0 Å². The van der Waals surface area contributed by atoms with E-state index in [-0.39, 0.29) is 10.1 Å². The van der Waals surface area contributed by atoms with Crippen LogP contribution in [0.2, 0.25) is 13.1 Å². The molecule has 2 atom stereocenters. The van der Waals surface area contributed by atoms with E-state index in [1.54, 1.807) is 0 Å². The molecule has 0 aliphatic heterocycles. The van der Waals surface area contributed by atoms with Gasteiger partial charge in [-0.3, -0.25) is 0 Å². The zero-order valence-electron chi connectivity index (χ0n) is 23.5. The molecule has 2 aliphatic carbocycles. The minimum absolute atomic E-state index is 0.261. The maximum absolute atomic E-state index is 2.65. The average Bonchev–Trinajstić information content (AvgIpc) is 3.62. The second-order valence-corrected chi connectivity index (χ2v) is 17.0. The first-order chi connectivity index (χ1) is 20.1. The summed E-state index contributed by atoms with van der Waals surface area (Å²) in [4.78, 5) is 0. The maximum atomic E-state index is 2.65. The third-order valence-corrected chi connectivity index (χ3v) is 15.6. The largest absolute Gasteiger partial charge is 0.0902 e. The summed E-state index contributed by atoms with van der Waals surface area (Å²) in [5, 5.41) is 4.77. The van der Waals surface area contributed by atoms with Crippen molar-refractivity contribution in [2.24, 2.45) is 0 Å². The molecule has 0 fully saturated rings. The average molecular weight is 541 g/mol. The highest BCUT2D eigenvalue weighted by molar-refractivity contribution is 6.86. The number of rotatable bonds is 4. The van der Waals surface area contributed by atoms with Crippen molar-refractivity contribution in [3.05, 3.63) is 179 Å². The van der Waals surface area contributed by atoms with Gasteiger partial charge in [-0.1, -0.05) is 171 Å². The predicted octanol–water partition coefficient (Wildman–Crippen LogP) is 10.1. The lowest BCUT2D eigenvalue weighted by atomic mass is 9.86. The fourth-order valence-electron chi connectivity index (χ4n) is 8.29. The van der Waals surface area contributed by atoms with Crippen LogP contribution in [-0.4, -0.2) is 8.07 Å². The fraction of sp³-hybridized carbons (Fsp3) is 0.100. The summed E-state index contributed by atoms with van der Waals surface area (Å²) >= 11 is 0. The zero-order chi connectivity index (χ0) is 27.7. The molecule has 0 saturated heterocycles. The highest BCUT2D eigenvalue weighted by atomic mass is 28.3. The van der Waals surface area contributed by atoms with E-state index >= 15 is 0 Å². The van der Waals surface area contributed by atoms with E-state index in [1.165, 1.54) is 54.9 Å². The summed E-state index contributed by atoms with van der Waals surface area (Å²) in [7, 11) is -2.53. The van der Waals surface area contributed by atoms with Gasteiger partial charge in [0.25, 0.3) is 0 Å². The van der Waals surface area contributed by atoms with Crippen LogP contribution in [0.15, 0.2) is 146 Å². The van der Waals surface area contributed by atoms with Gasteiger partial charge in [0.2, 0.25) is 0 Å². The van der Waals surface area contributed by atoms with Crippen molar-refractivity contribution in [3.63, 3.8) is 0 Å². The Balaban J connectivity index is 1.55. The summed E-state index contributed by atoms with van der Waals surface area (Å²) in [6.07, 6.45) is 9.95. The molecule has 0 bridgehead atoms. The van der Waals surface area contributed by atoms with Crippen LogP contribution in [0, 0.1) is 0 Å². The molecule has 6 aromatic carbocycles. The number of hydrogen-bond acceptors (Lipinski definition) is 0. The molecular formula is C40H32Si. The fourth-order valence-corrected chi connectivity index (χ4v) is 13.5. The van der Waals surface area contributed by atoms with E-state index < -0.39 is 8.07 Å². The zero-order valence-corrected chi connectivity index (χ0v) is 24.5. The first kappa shape index (κ1) is 24.3. The molecule has 8 rings (SSSR count). The van der Waals surface area contributed by atoms with Gasteiger partial charge in [-0.05, 0) is 54.9 Å². The second-order valence-electron chi connectivity index (χ2n) is 12.1. The summed E-state index contributed by atoms with van der Waals surface area (Å²) < 4.78 is 0. The number of hydrogen-bond donors (Lipinski definition) is 0. The molecule has 6 aromatic rings. The lowest BCUT2D eigenvalue weighted by Gasteiger charge is -2.54. The third-order valence-electron chi connectivity index (χ3n) is 10.2. The molecule has 0 amide bonds. The van der Waals surface area contributed by atoms with Crippen LogP contribution in [-0.2, 0) is 10.1 Å². The topological polar surface area (TPSA) is 0 Å². The van der Waals surface area contributed by atoms with Gasteiger partial charge in [-0.25, -0.2) is 0 Å². The van der Waals surface area contributed by atoms with Gasteiger partial charge >= 0.3 is 0 Å². The minimum Gasteiger partial charge on any atom is -0.0718 e. The van der Waals surface area contributed by atoms with Gasteiger partial charge in [0, 0.05) is 10.1 Å². The summed E-state index contributed by atoms with van der Waals surface area (Å²) in [5.41, 5.74) is 8.39. The van der Waals surface area contributed by atoms with Crippen LogP contribution in [0.5, 0.6) is 0 Å². The normalized spacial score (nSPS) is 20.9. The molecule has 0 radical (unpaired) electrons. The molecule has 0 spiro atoms. The molecule has 0 nitrogen and oxygen atoms in total. The highest BCUT2D eigenvalue weighted by Gasteiger charge is 2.62. The maximum Gasteiger partial charge on any atom is 0.0902 e. The first-order valence-electron chi connectivity index (χ1n) is 14.6. The Morgan fingerprint density at radius 1 is 0.390 bits per heavy atom. The molecule has 2 aliphatic rings. The Morgan fingerprint density at radius 2 is 0.756 bits per heavy atom. The van der Waals surface area contributed by atoms with Crippen molar-refractivity contribution in [3.8, 4) is 0 Å². The Morgan fingerprint density at radius 3 is 1.24 bits per heavy atom. The van der Waals surface area contributed by atoms with E-state index in [9.17, 15) is 0 Å². The van der Waals surface area contributed by atoms with Crippen LogP contribution in [0.1, 0.15) is 33.4 Å². The second kappa shape index (κ2) is 8.77.